The van der Waals surface area contributed by atoms with Crippen LogP contribution in [-0.2, 0) is 11.2 Å². The Kier molecular flexibility index (Phi) is 6.41. The molecule has 23 heavy (non-hydrogen) atoms. The number of rotatable bonds is 8. The fourth-order valence-corrected chi connectivity index (χ4v) is 2.18. The van der Waals surface area contributed by atoms with Gasteiger partial charge < -0.3 is 15.4 Å². The minimum Gasteiger partial charge on any atom is -0.491 e. The van der Waals surface area contributed by atoms with Crippen molar-refractivity contribution in [2.45, 2.75) is 19.3 Å². The van der Waals surface area contributed by atoms with Gasteiger partial charge >= 0.3 is 0 Å². The number of hydrogen-bond donors (Lipinski definition) is 1. The van der Waals surface area contributed by atoms with E-state index in [0.717, 1.165) is 6.42 Å². The number of para-hydroxylation sites is 2. The van der Waals surface area contributed by atoms with E-state index in [-0.39, 0.29) is 5.91 Å². The highest BCUT2D eigenvalue weighted by Crippen LogP contribution is 2.19. The van der Waals surface area contributed by atoms with Crippen LogP contribution in [-0.4, -0.2) is 36.0 Å². The number of ether oxygens (including phenoxy) is 1. The number of likely N-dealkylation sites (N-methyl/N-ethyl adjacent to an activating group) is 1. The van der Waals surface area contributed by atoms with Crippen molar-refractivity contribution in [1.82, 2.24) is 9.88 Å². The largest absolute Gasteiger partial charge is 0.491 e. The average molecular weight is 313 g/mol. The van der Waals surface area contributed by atoms with Crippen LogP contribution >= 0.6 is 0 Å². The summed E-state index contributed by atoms with van der Waals surface area (Å²) in [5, 5.41) is 0. The highest BCUT2D eigenvalue weighted by atomic mass is 16.5. The number of nitrogens with zero attached hydrogens (tertiary/aromatic N) is 2. The van der Waals surface area contributed by atoms with E-state index in [0.29, 0.717) is 37.4 Å². The fraction of sp³-hybridized carbons (Fsp3) is 0.333. The average Bonchev–Trinajstić information content (AvgIpc) is 2.58. The minimum atomic E-state index is 0.128. The van der Waals surface area contributed by atoms with E-state index in [4.69, 9.17) is 10.5 Å². The molecule has 122 valence electrons. The van der Waals surface area contributed by atoms with Gasteiger partial charge in [0.2, 0.25) is 5.91 Å². The van der Waals surface area contributed by atoms with Gasteiger partial charge in [-0.3, -0.25) is 9.78 Å². The van der Waals surface area contributed by atoms with E-state index in [2.05, 4.69) is 4.98 Å². The molecule has 5 nitrogen and oxygen atoms in total. The molecule has 0 unspecified atom stereocenters. The topological polar surface area (TPSA) is 68.5 Å². The van der Waals surface area contributed by atoms with Crippen LogP contribution in [0.25, 0.3) is 0 Å². The molecule has 5 heteroatoms. The van der Waals surface area contributed by atoms with Crippen molar-refractivity contribution in [1.29, 1.82) is 0 Å². The molecule has 0 radical (unpaired) electrons. The van der Waals surface area contributed by atoms with Gasteiger partial charge in [0.05, 0.1) is 12.3 Å². The zero-order valence-corrected chi connectivity index (χ0v) is 13.4. The van der Waals surface area contributed by atoms with Gasteiger partial charge in [0.25, 0.3) is 0 Å². The number of benzene rings is 1. The number of amides is 1. The van der Waals surface area contributed by atoms with E-state index >= 15 is 0 Å². The van der Waals surface area contributed by atoms with Crippen molar-refractivity contribution < 1.29 is 9.53 Å². The molecule has 0 atom stereocenters. The Hall–Kier alpha value is -2.56. The van der Waals surface area contributed by atoms with E-state index in [1.54, 1.807) is 23.4 Å². The first-order valence-corrected chi connectivity index (χ1v) is 7.77. The second kappa shape index (κ2) is 8.78. The summed E-state index contributed by atoms with van der Waals surface area (Å²) in [5.74, 6) is 0.801. The van der Waals surface area contributed by atoms with E-state index in [1.807, 2.05) is 37.4 Å². The molecule has 1 aromatic heterocycles. The zero-order valence-electron chi connectivity index (χ0n) is 13.4. The summed E-state index contributed by atoms with van der Waals surface area (Å²) >= 11 is 0. The highest BCUT2D eigenvalue weighted by Gasteiger charge is 2.08. The van der Waals surface area contributed by atoms with Crippen LogP contribution in [0, 0.1) is 0 Å². The van der Waals surface area contributed by atoms with Crippen LogP contribution in [0.1, 0.15) is 18.4 Å². The molecule has 0 saturated carbocycles. The maximum Gasteiger partial charge on any atom is 0.222 e. The van der Waals surface area contributed by atoms with Gasteiger partial charge in [-0.15, -0.1) is 0 Å². The summed E-state index contributed by atoms with van der Waals surface area (Å²) in [6.45, 7) is 1.19. The Morgan fingerprint density at radius 1 is 1.22 bits per heavy atom. The second-order valence-electron chi connectivity index (χ2n) is 5.41. The monoisotopic (exact) mass is 313 g/mol. The normalized spacial score (nSPS) is 10.3. The van der Waals surface area contributed by atoms with Crippen LogP contribution in [0.3, 0.4) is 0 Å². The number of nitrogen functional groups attached to an aromatic ring is 1. The molecule has 1 heterocycles. The number of aromatic nitrogens is 1. The molecule has 2 rings (SSSR count). The quantitative estimate of drug-likeness (QED) is 0.600. The van der Waals surface area contributed by atoms with Gasteiger partial charge in [0.1, 0.15) is 5.75 Å². The van der Waals surface area contributed by atoms with Gasteiger partial charge in [-0.1, -0.05) is 12.1 Å². The molecule has 0 aliphatic heterocycles. The Balaban J connectivity index is 1.65. The zero-order chi connectivity index (χ0) is 16.5. The molecule has 0 fully saturated rings. The van der Waals surface area contributed by atoms with Crippen molar-refractivity contribution >= 4 is 11.6 Å². The highest BCUT2D eigenvalue weighted by molar-refractivity contribution is 5.75. The lowest BCUT2D eigenvalue weighted by Crippen LogP contribution is -2.28. The number of pyridine rings is 1. The predicted octanol–water partition coefficient (Wildman–Crippen LogP) is 2.52. The SMILES string of the molecule is CN(CCc1ccncc1)C(=O)CCCOc1ccccc1N. The lowest BCUT2D eigenvalue weighted by Gasteiger charge is -2.17. The van der Waals surface area contributed by atoms with Crippen molar-refractivity contribution in [2.24, 2.45) is 0 Å². The van der Waals surface area contributed by atoms with Gasteiger partial charge in [-0.05, 0) is 42.7 Å². The van der Waals surface area contributed by atoms with Crippen LogP contribution < -0.4 is 10.5 Å². The van der Waals surface area contributed by atoms with Crippen molar-refractivity contribution in [3.8, 4) is 5.75 Å². The van der Waals surface area contributed by atoms with E-state index < -0.39 is 0 Å². The lowest BCUT2D eigenvalue weighted by molar-refractivity contribution is -0.130. The smallest absolute Gasteiger partial charge is 0.222 e. The van der Waals surface area contributed by atoms with Crippen LogP contribution in [0.4, 0.5) is 5.69 Å². The molecule has 0 bridgehead atoms. The lowest BCUT2D eigenvalue weighted by atomic mass is 10.2. The maximum atomic E-state index is 12.1. The summed E-state index contributed by atoms with van der Waals surface area (Å²) in [7, 11) is 1.83. The number of hydrogen-bond acceptors (Lipinski definition) is 4. The summed E-state index contributed by atoms with van der Waals surface area (Å²) in [4.78, 5) is 17.8. The Labute approximate surface area is 137 Å². The maximum absolute atomic E-state index is 12.1. The summed E-state index contributed by atoms with van der Waals surface area (Å²) in [6.07, 6.45) is 5.52. The van der Waals surface area contributed by atoms with Crippen LogP contribution in [0.2, 0.25) is 0 Å². The summed E-state index contributed by atoms with van der Waals surface area (Å²) < 4.78 is 5.59. The van der Waals surface area contributed by atoms with Gasteiger partial charge in [-0.2, -0.15) is 0 Å². The van der Waals surface area contributed by atoms with E-state index in [9.17, 15) is 4.79 Å². The third-order valence-corrected chi connectivity index (χ3v) is 3.62. The molecule has 0 aliphatic rings. The second-order valence-corrected chi connectivity index (χ2v) is 5.41. The van der Waals surface area contributed by atoms with Gasteiger partial charge in [0, 0.05) is 32.4 Å². The Morgan fingerprint density at radius 2 is 1.96 bits per heavy atom. The molecule has 2 N–H and O–H groups in total. The molecule has 0 aliphatic carbocycles. The Bertz CT molecular complexity index is 617. The molecular weight excluding hydrogens is 290 g/mol. The molecule has 1 aromatic carbocycles. The number of carbonyl (C=O) groups is 1. The first-order valence-electron chi connectivity index (χ1n) is 7.77. The summed E-state index contributed by atoms with van der Waals surface area (Å²) in [5.41, 5.74) is 7.60. The van der Waals surface area contributed by atoms with Crippen molar-refractivity contribution in [2.75, 3.05) is 25.9 Å². The first-order chi connectivity index (χ1) is 11.2. The predicted molar refractivity (Wildman–Crippen MR) is 91.2 cm³/mol. The third-order valence-electron chi connectivity index (χ3n) is 3.62. The van der Waals surface area contributed by atoms with Gasteiger partial charge in [0.15, 0.2) is 0 Å². The molecule has 1 amide bonds. The standard InChI is InChI=1S/C18H23N3O2/c1-21(13-10-15-8-11-20-12-9-15)18(22)7-4-14-23-17-6-3-2-5-16(17)19/h2-3,5-6,8-9,11-12H,4,7,10,13-14,19H2,1H3. The summed E-state index contributed by atoms with van der Waals surface area (Å²) in [6, 6.07) is 11.3. The molecule has 0 saturated heterocycles. The van der Waals surface area contributed by atoms with Crippen molar-refractivity contribution in [3.05, 3.63) is 54.4 Å². The third kappa shape index (κ3) is 5.62. The van der Waals surface area contributed by atoms with Crippen LogP contribution in [0.15, 0.2) is 48.8 Å². The van der Waals surface area contributed by atoms with Crippen molar-refractivity contribution in [3.63, 3.8) is 0 Å². The number of anilines is 1. The van der Waals surface area contributed by atoms with Crippen LogP contribution in [0.5, 0.6) is 5.75 Å². The first kappa shape index (κ1) is 16.8. The molecule has 2 aromatic rings. The van der Waals surface area contributed by atoms with E-state index in [1.165, 1.54) is 5.56 Å². The molecular formula is C18H23N3O2. The number of nitrogens with two attached hydrogens (primary N) is 1. The fourth-order valence-electron chi connectivity index (χ4n) is 2.18. The Morgan fingerprint density at radius 3 is 2.70 bits per heavy atom. The minimum absolute atomic E-state index is 0.128. The number of carbonyl (C=O) groups excluding carboxylic acids is 1. The van der Waals surface area contributed by atoms with Gasteiger partial charge in [-0.25, -0.2) is 0 Å². The molecule has 0 spiro atoms.